The van der Waals surface area contributed by atoms with Gasteiger partial charge in [-0.05, 0) is 43.1 Å². The predicted octanol–water partition coefficient (Wildman–Crippen LogP) is 7.78. The molecule has 0 unspecified atom stereocenters. The number of Topliss-reactive ketones (excluding diaryl/α,β-unsaturated/α-hetero) is 1. The zero-order valence-corrected chi connectivity index (χ0v) is 29.3. The minimum absolute atomic E-state index is 0. The molecule has 0 bridgehead atoms. The van der Waals surface area contributed by atoms with E-state index in [4.69, 9.17) is 11.5 Å². The van der Waals surface area contributed by atoms with E-state index in [1.807, 2.05) is 0 Å². The number of unbranched alkanes of at least 4 members (excludes halogenated alkanes) is 3. The third-order valence-corrected chi connectivity index (χ3v) is 4.09. The Bertz CT molecular complexity index is 409. The van der Waals surface area contributed by atoms with Crippen LogP contribution in [-0.4, -0.2) is 31.3 Å². The molecule has 0 aromatic rings. The molecule has 0 spiro atoms. The number of amides is 1. The number of carbonyl (C=O) groups excluding carboxylic acids is 2. The molecule has 226 valence electrons. The number of nitrogens with one attached hydrogen (secondary N) is 1. The van der Waals surface area contributed by atoms with Crippen LogP contribution in [0.4, 0.5) is 0 Å². The summed E-state index contributed by atoms with van der Waals surface area (Å²) in [7, 11) is 0. The van der Waals surface area contributed by atoms with Gasteiger partial charge in [-0.1, -0.05) is 83.1 Å². The van der Waals surface area contributed by atoms with Crippen molar-refractivity contribution in [3.05, 3.63) is 27.7 Å². The second-order valence-corrected chi connectivity index (χ2v) is 10.1. The van der Waals surface area contributed by atoms with E-state index >= 15 is 0 Å². The Morgan fingerprint density at radius 3 is 1.30 bits per heavy atom. The molecule has 0 saturated heterocycles. The van der Waals surface area contributed by atoms with E-state index in [1.54, 1.807) is 0 Å². The van der Waals surface area contributed by atoms with Crippen LogP contribution in [0.25, 0.3) is 0 Å². The molecule has 7 heteroatoms. The summed E-state index contributed by atoms with van der Waals surface area (Å²) < 4.78 is 0. The molecule has 0 aliphatic heterocycles. The molecule has 37 heavy (non-hydrogen) atoms. The summed E-state index contributed by atoms with van der Waals surface area (Å²) >= 11 is 0. The third kappa shape index (κ3) is 85.6. The molecular formula is C30H69N3O2Y2-4. The Balaban J connectivity index is -0.0000000418. The van der Waals surface area contributed by atoms with Crippen LogP contribution in [-0.2, 0) is 75.0 Å². The van der Waals surface area contributed by atoms with Crippen molar-refractivity contribution in [3.8, 4) is 0 Å². The third-order valence-electron chi connectivity index (χ3n) is 4.09. The van der Waals surface area contributed by atoms with Gasteiger partial charge in [0, 0.05) is 71.8 Å². The van der Waals surface area contributed by atoms with Crippen LogP contribution in [0.5, 0.6) is 0 Å². The topological polar surface area (TPSA) is 98.2 Å². The van der Waals surface area contributed by atoms with Crippen molar-refractivity contribution in [1.29, 1.82) is 0 Å². The molecule has 0 fully saturated rings. The first-order valence-electron chi connectivity index (χ1n) is 12.1. The van der Waals surface area contributed by atoms with Gasteiger partial charge in [0.25, 0.3) is 0 Å². The number of carbonyl (C=O) groups is 2. The molecule has 0 aliphatic carbocycles. The number of hydrogen-bond acceptors (Lipinski definition) is 4. The second-order valence-electron chi connectivity index (χ2n) is 10.1. The SMILES string of the molecule is C.C.C.CC(C)(C)CCCCN.[CH2-]CC(=O)CCCCCC(C)(C)C.[CH2-]CN.[CH2-]CNC(=O)C[CH2-].[Y].[Y]. The number of nitrogens with two attached hydrogens (primary N) is 2. The second kappa shape index (κ2) is 44.3. The predicted molar refractivity (Wildman–Crippen MR) is 163 cm³/mol. The largest absolute Gasteiger partial charge is 0.388 e. The fraction of sp³-hybridized carbons (Fsp3) is 0.800. The minimum atomic E-state index is -0.0463. The van der Waals surface area contributed by atoms with Crippen molar-refractivity contribution >= 4 is 11.7 Å². The van der Waals surface area contributed by atoms with Gasteiger partial charge in [0.1, 0.15) is 5.78 Å². The Morgan fingerprint density at radius 2 is 1.05 bits per heavy atom. The maximum absolute atomic E-state index is 10.9. The van der Waals surface area contributed by atoms with Crippen LogP contribution in [0.15, 0.2) is 0 Å². The van der Waals surface area contributed by atoms with Crippen molar-refractivity contribution in [2.75, 3.05) is 19.6 Å². The van der Waals surface area contributed by atoms with E-state index in [9.17, 15) is 9.59 Å². The van der Waals surface area contributed by atoms with Gasteiger partial charge in [0.15, 0.2) is 5.91 Å². The standard InChI is InChI=1S/C12H23O.C8H19N.C5H9NO.C2H6N.3CH4.2Y/c1-5-11(13)9-7-6-8-10-12(2,3)4;1-8(2,3)6-4-5-7-9;1-3-5(7)6-4-2;1-2-3;;;;;/h1,5-10H2,2-4H3;4-7,9H2,1-3H3;1-4H2,(H,6,7);1-3H2;3*1H4;;/q-1;;-2;-1;;;;;. The molecule has 0 atom stereocenters. The van der Waals surface area contributed by atoms with E-state index in [1.165, 1.54) is 38.5 Å². The van der Waals surface area contributed by atoms with Crippen molar-refractivity contribution in [3.63, 3.8) is 0 Å². The molecule has 0 aromatic heterocycles. The molecule has 1 amide bonds. The molecule has 0 rings (SSSR count). The fourth-order valence-corrected chi connectivity index (χ4v) is 2.31. The maximum Gasteiger partial charge on any atom is 0.187 e. The minimum Gasteiger partial charge on any atom is -0.388 e. The van der Waals surface area contributed by atoms with Crippen LogP contribution in [0.3, 0.4) is 0 Å². The van der Waals surface area contributed by atoms with Crippen LogP contribution in [0.1, 0.15) is 128 Å². The van der Waals surface area contributed by atoms with Gasteiger partial charge in [0.2, 0.25) is 0 Å². The Kier molecular flexibility index (Phi) is 74.3. The van der Waals surface area contributed by atoms with Gasteiger partial charge in [-0.25, -0.2) is 0 Å². The Morgan fingerprint density at radius 1 is 0.676 bits per heavy atom. The normalized spacial score (nSPS) is 9.08. The maximum atomic E-state index is 10.9. The first-order valence-corrected chi connectivity index (χ1v) is 12.1. The number of ketones is 1. The van der Waals surface area contributed by atoms with Crippen molar-refractivity contribution < 1.29 is 75.0 Å². The van der Waals surface area contributed by atoms with Crippen LogP contribution < -0.4 is 16.8 Å². The molecule has 5 N–H and O–H groups in total. The van der Waals surface area contributed by atoms with Crippen LogP contribution in [0.2, 0.25) is 0 Å². The van der Waals surface area contributed by atoms with Crippen molar-refractivity contribution in [2.24, 2.45) is 22.3 Å². The summed E-state index contributed by atoms with van der Waals surface area (Å²) in [6.45, 7) is 29.0. The summed E-state index contributed by atoms with van der Waals surface area (Å²) in [6.07, 6.45) is 9.97. The van der Waals surface area contributed by atoms with Crippen molar-refractivity contribution in [2.45, 2.75) is 128 Å². The van der Waals surface area contributed by atoms with E-state index < -0.39 is 0 Å². The average Bonchev–Trinajstić information content (AvgIpc) is 2.67. The van der Waals surface area contributed by atoms with Gasteiger partial charge in [-0.2, -0.15) is 0 Å². The Labute approximate surface area is 287 Å². The summed E-state index contributed by atoms with van der Waals surface area (Å²) in [5.41, 5.74) is 11.0. The van der Waals surface area contributed by atoms with Crippen LogP contribution in [0, 0.1) is 38.5 Å². The monoisotopic (exact) mass is 681 g/mol. The number of hydrogen-bond donors (Lipinski definition) is 3. The summed E-state index contributed by atoms with van der Waals surface area (Å²) in [5.74, 6) is 0.255. The van der Waals surface area contributed by atoms with Gasteiger partial charge >= 0.3 is 0 Å². The van der Waals surface area contributed by atoms with Gasteiger partial charge in [-0.15, -0.1) is 25.9 Å². The molecule has 0 heterocycles. The molecule has 0 aromatic carbocycles. The summed E-state index contributed by atoms with van der Waals surface area (Å²) in [6, 6.07) is 0. The van der Waals surface area contributed by atoms with Gasteiger partial charge in [-0.3, -0.25) is 4.79 Å². The fourth-order valence-electron chi connectivity index (χ4n) is 2.31. The quantitative estimate of drug-likeness (QED) is 0.153. The summed E-state index contributed by atoms with van der Waals surface area (Å²) in [5, 5.41) is 2.48. The van der Waals surface area contributed by atoms with E-state index in [-0.39, 0.29) is 93.6 Å². The molecular weight excluding hydrogens is 612 g/mol. The molecule has 0 aliphatic rings. The molecule has 0 saturated carbocycles. The zero-order valence-electron chi connectivity index (χ0n) is 23.6. The number of rotatable bonds is 11. The first-order chi connectivity index (χ1) is 14.7. The Hall–Kier alpha value is 1.27. The average molecular weight is 682 g/mol. The first kappa shape index (κ1) is 62.0. The van der Waals surface area contributed by atoms with E-state index in [0.29, 0.717) is 42.5 Å². The molecule has 5 nitrogen and oxygen atoms in total. The zero-order chi connectivity index (χ0) is 26.1. The van der Waals surface area contributed by atoms with E-state index in [2.05, 4.69) is 74.6 Å². The summed E-state index contributed by atoms with van der Waals surface area (Å²) in [4.78, 5) is 21.1. The van der Waals surface area contributed by atoms with Crippen LogP contribution >= 0.6 is 0 Å². The van der Waals surface area contributed by atoms with Gasteiger partial charge in [0.05, 0.1) is 0 Å². The molecule has 2 radical (unpaired) electrons. The smallest absolute Gasteiger partial charge is 0.187 e. The van der Waals surface area contributed by atoms with Gasteiger partial charge < -0.3 is 49.3 Å². The van der Waals surface area contributed by atoms with E-state index in [0.717, 1.165) is 19.4 Å². The van der Waals surface area contributed by atoms with Crippen molar-refractivity contribution in [1.82, 2.24) is 5.32 Å².